The van der Waals surface area contributed by atoms with Gasteiger partial charge in [-0.3, -0.25) is 0 Å². The number of nitrogens with one attached hydrogen (secondary N) is 1. The minimum Gasteiger partial charge on any atom is -0.330 e. The van der Waals surface area contributed by atoms with E-state index in [0.717, 1.165) is 10.7 Å². The fourth-order valence-corrected chi connectivity index (χ4v) is 2.96. The minimum atomic E-state index is 0.447. The Balaban J connectivity index is 2.47. The van der Waals surface area contributed by atoms with Gasteiger partial charge in [-0.15, -0.1) is 0 Å². The molecular formula is C15H22N2S. The van der Waals surface area contributed by atoms with Crippen molar-refractivity contribution < 1.29 is 0 Å². The van der Waals surface area contributed by atoms with Gasteiger partial charge in [0.15, 0.2) is 4.77 Å². The smallest absolute Gasteiger partial charge is 0.178 e. The zero-order valence-electron chi connectivity index (χ0n) is 11.7. The molecule has 0 aliphatic heterocycles. The molecule has 2 atom stereocenters. The van der Waals surface area contributed by atoms with Gasteiger partial charge in [-0.1, -0.05) is 32.4 Å². The van der Waals surface area contributed by atoms with E-state index in [0.29, 0.717) is 6.04 Å². The first-order chi connectivity index (χ1) is 8.54. The highest BCUT2D eigenvalue weighted by atomic mass is 32.1. The molecule has 2 unspecified atom stereocenters. The molecule has 0 amide bonds. The Bertz CT molecular complexity index is 594. The zero-order chi connectivity index (χ0) is 13.3. The highest BCUT2D eigenvalue weighted by molar-refractivity contribution is 7.71. The predicted molar refractivity (Wildman–Crippen MR) is 80.6 cm³/mol. The van der Waals surface area contributed by atoms with Gasteiger partial charge in [-0.25, -0.2) is 0 Å². The monoisotopic (exact) mass is 262 g/mol. The van der Waals surface area contributed by atoms with Crippen molar-refractivity contribution in [1.82, 2.24) is 9.55 Å². The molecule has 0 saturated carbocycles. The van der Waals surface area contributed by atoms with E-state index in [-0.39, 0.29) is 0 Å². The first-order valence-electron chi connectivity index (χ1n) is 6.74. The Morgan fingerprint density at radius 3 is 2.72 bits per heavy atom. The van der Waals surface area contributed by atoms with Gasteiger partial charge in [0.2, 0.25) is 0 Å². The van der Waals surface area contributed by atoms with Crippen molar-refractivity contribution >= 4 is 23.3 Å². The van der Waals surface area contributed by atoms with Crippen LogP contribution in [0, 0.1) is 17.6 Å². The number of H-pyrrole nitrogens is 1. The summed E-state index contributed by atoms with van der Waals surface area (Å²) in [5.74, 6) is 0.733. The van der Waals surface area contributed by atoms with Gasteiger partial charge in [0.1, 0.15) is 0 Å². The molecule has 0 spiro atoms. The second kappa shape index (κ2) is 5.27. The van der Waals surface area contributed by atoms with Crippen molar-refractivity contribution in [3.8, 4) is 0 Å². The highest BCUT2D eigenvalue weighted by Gasteiger charge is 2.14. The molecule has 0 aliphatic carbocycles. The third-order valence-electron chi connectivity index (χ3n) is 3.84. The van der Waals surface area contributed by atoms with Crippen molar-refractivity contribution in [1.29, 1.82) is 0 Å². The lowest BCUT2D eigenvalue weighted by Gasteiger charge is -2.18. The van der Waals surface area contributed by atoms with Gasteiger partial charge >= 0.3 is 0 Å². The summed E-state index contributed by atoms with van der Waals surface area (Å²) in [6.45, 7) is 8.94. The van der Waals surface area contributed by atoms with Crippen LogP contribution in [0.3, 0.4) is 0 Å². The summed E-state index contributed by atoms with van der Waals surface area (Å²) in [5, 5.41) is 0. The molecule has 1 N–H and O–H groups in total. The Labute approximate surface area is 114 Å². The SMILES string of the molecule is CCC(C)CC(C)n1c(=S)[nH]c2c(C)cccc21. The highest BCUT2D eigenvalue weighted by Crippen LogP contribution is 2.26. The first-order valence-corrected chi connectivity index (χ1v) is 7.15. The summed E-state index contributed by atoms with van der Waals surface area (Å²) in [6.07, 6.45) is 2.39. The Kier molecular flexibility index (Phi) is 3.91. The van der Waals surface area contributed by atoms with E-state index in [2.05, 4.69) is 55.4 Å². The van der Waals surface area contributed by atoms with Crippen LogP contribution in [0.5, 0.6) is 0 Å². The van der Waals surface area contributed by atoms with Crippen LogP contribution >= 0.6 is 12.2 Å². The summed E-state index contributed by atoms with van der Waals surface area (Å²) in [7, 11) is 0. The van der Waals surface area contributed by atoms with Crippen LogP contribution in [-0.2, 0) is 0 Å². The van der Waals surface area contributed by atoms with Crippen molar-refractivity contribution in [2.75, 3.05) is 0 Å². The predicted octanol–water partition coefficient (Wildman–Crippen LogP) is 5.00. The number of fused-ring (bicyclic) bond motifs is 1. The molecule has 3 heteroatoms. The van der Waals surface area contributed by atoms with Gasteiger partial charge in [0.05, 0.1) is 11.0 Å². The number of rotatable bonds is 4. The molecule has 0 radical (unpaired) electrons. The van der Waals surface area contributed by atoms with Crippen molar-refractivity contribution in [2.24, 2.45) is 5.92 Å². The molecule has 1 aromatic carbocycles. The third-order valence-corrected chi connectivity index (χ3v) is 4.14. The molecule has 0 fully saturated rings. The number of para-hydroxylation sites is 1. The van der Waals surface area contributed by atoms with E-state index >= 15 is 0 Å². The van der Waals surface area contributed by atoms with E-state index in [4.69, 9.17) is 12.2 Å². The molecule has 0 aliphatic rings. The van der Waals surface area contributed by atoms with Gasteiger partial charge in [-0.2, -0.15) is 0 Å². The van der Waals surface area contributed by atoms with Crippen LogP contribution in [0.1, 0.15) is 45.2 Å². The Morgan fingerprint density at radius 1 is 1.33 bits per heavy atom. The van der Waals surface area contributed by atoms with Crippen molar-refractivity contribution in [3.63, 3.8) is 0 Å². The number of aromatic amines is 1. The number of hydrogen-bond donors (Lipinski definition) is 1. The van der Waals surface area contributed by atoms with E-state index in [1.165, 1.54) is 29.4 Å². The molecule has 2 aromatic rings. The average molecular weight is 262 g/mol. The van der Waals surface area contributed by atoms with E-state index in [1.807, 2.05) is 0 Å². The fourth-order valence-electron chi connectivity index (χ4n) is 2.58. The number of hydrogen-bond acceptors (Lipinski definition) is 1. The molecule has 2 rings (SSSR count). The number of benzene rings is 1. The molecule has 1 aromatic heterocycles. The molecule has 2 nitrogen and oxygen atoms in total. The zero-order valence-corrected chi connectivity index (χ0v) is 12.5. The number of aryl methyl sites for hydroxylation is 1. The number of imidazole rings is 1. The molecule has 98 valence electrons. The largest absolute Gasteiger partial charge is 0.330 e. The molecule has 0 saturated heterocycles. The quantitative estimate of drug-likeness (QED) is 0.769. The summed E-state index contributed by atoms with van der Waals surface area (Å²) >= 11 is 5.49. The van der Waals surface area contributed by atoms with Crippen LogP contribution in [0.25, 0.3) is 11.0 Å². The van der Waals surface area contributed by atoms with E-state index < -0.39 is 0 Å². The second-order valence-electron chi connectivity index (χ2n) is 5.37. The summed E-state index contributed by atoms with van der Waals surface area (Å²) in [4.78, 5) is 3.35. The van der Waals surface area contributed by atoms with Crippen LogP contribution in [0.2, 0.25) is 0 Å². The Morgan fingerprint density at radius 2 is 2.06 bits per heavy atom. The second-order valence-corrected chi connectivity index (χ2v) is 5.75. The maximum atomic E-state index is 5.49. The maximum absolute atomic E-state index is 5.49. The normalized spacial score (nSPS) is 14.9. The number of aromatic nitrogens is 2. The average Bonchev–Trinajstić information content (AvgIpc) is 2.67. The van der Waals surface area contributed by atoms with Gasteiger partial charge in [-0.05, 0) is 50.0 Å². The molecular weight excluding hydrogens is 240 g/mol. The third kappa shape index (κ3) is 2.37. The fraction of sp³-hybridized carbons (Fsp3) is 0.533. The van der Waals surface area contributed by atoms with Crippen LogP contribution in [-0.4, -0.2) is 9.55 Å². The van der Waals surface area contributed by atoms with E-state index in [1.54, 1.807) is 0 Å². The standard InChI is InChI=1S/C15H22N2S/c1-5-10(2)9-12(4)17-13-8-6-7-11(3)14(13)16-15(17)18/h6-8,10,12H,5,9H2,1-4H3,(H,16,18). The maximum Gasteiger partial charge on any atom is 0.178 e. The first kappa shape index (κ1) is 13.3. The lowest BCUT2D eigenvalue weighted by molar-refractivity contribution is 0.402. The van der Waals surface area contributed by atoms with Gasteiger partial charge < -0.3 is 9.55 Å². The van der Waals surface area contributed by atoms with Crippen LogP contribution in [0.4, 0.5) is 0 Å². The van der Waals surface area contributed by atoms with Crippen LogP contribution in [0.15, 0.2) is 18.2 Å². The van der Waals surface area contributed by atoms with E-state index in [9.17, 15) is 0 Å². The van der Waals surface area contributed by atoms with Gasteiger partial charge in [0.25, 0.3) is 0 Å². The number of nitrogens with zero attached hydrogens (tertiary/aromatic N) is 1. The topological polar surface area (TPSA) is 20.7 Å². The summed E-state index contributed by atoms with van der Waals surface area (Å²) in [6, 6.07) is 6.83. The van der Waals surface area contributed by atoms with Gasteiger partial charge in [0, 0.05) is 6.04 Å². The molecule has 1 heterocycles. The van der Waals surface area contributed by atoms with Crippen LogP contribution < -0.4 is 0 Å². The summed E-state index contributed by atoms with van der Waals surface area (Å²) < 4.78 is 3.11. The molecule has 0 bridgehead atoms. The van der Waals surface area contributed by atoms with Crippen molar-refractivity contribution in [2.45, 2.75) is 46.6 Å². The lowest BCUT2D eigenvalue weighted by atomic mass is 10.00. The molecule has 18 heavy (non-hydrogen) atoms. The lowest BCUT2D eigenvalue weighted by Crippen LogP contribution is -2.09. The summed E-state index contributed by atoms with van der Waals surface area (Å²) in [5.41, 5.74) is 3.67. The van der Waals surface area contributed by atoms with Crippen molar-refractivity contribution in [3.05, 3.63) is 28.5 Å². The Hall–Kier alpha value is -1.09. The minimum absolute atomic E-state index is 0.447.